The maximum absolute atomic E-state index is 5.81. The second-order valence-electron chi connectivity index (χ2n) is 6.27. The van der Waals surface area contributed by atoms with Crippen LogP contribution in [0, 0.1) is 12.8 Å². The molecule has 0 heterocycles. The van der Waals surface area contributed by atoms with E-state index in [1.807, 2.05) is 6.07 Å². The molecule has 2 aromatic carbocycles. The van der Waals surface area contributed by atoms with E-state index in [1.165, 1.54) is 16.7 Å². The van der Waals surface area contributed by atoms with Crippen molar-refractivity contribution in [3.8, 4) is 5.75 Å². The Morgan fingerprint density at radius 1 is 0.955 bits per heavy atom. The lowest BCUT2D eigenvalue weighted by molar-refractivity contribution is 0.289. The minimum absolute atomic E-state index is 0.680. The van der Waals surface area contributed by atoms with E-state index in [2.05, 4.69) is 68.6 Å². The van der Waals surface area contributed by atoms with Gasteiger partial charge >= 0.3 is 0 Å². The van der Waals surface area contributed by atoms with Crippen LogP contribution in [0.5, 0.6) is 5.75 Å². The van der Waals surface area contributed by atoms with Crippen molar-refractivity contribution in [2.24, 2.45) is 5.92 Å². The molecule has 0 fully saturated rings. The maximum atomic E-state index is 5.81. The average molecular weight is 297 g/mol. The summed E-state index contributed by atoms with van der Waals surface area (Å²) in [4.78, 5) is 0. The van der Waals surface area contributed by atoms with Crippen LogP contribution in [0.25, 0.3) is 0 Å². The van der Waals surface area contributed by atoms with E-state index < -0.39 is 0 Å². The summed E-state index contributed by atoms with van der Waals surface area (Å²) in [7, 11) is 0. The van der Waals surface area contributed by atoms with Gasteiger partial charge in [-0.05, 0) is 42.5 Å². The summed E-state index contributed by atoms with van der Waals surface area (Å²) in [6, 6.07) is 17.0. The zero-order chi connectivity index (χ0) is 15.8. The number of ether oxygens (including phenoxy) is 1. The van der Waals surface area contributed by atoms with Crippen LogP contribution in [-0.4, -0.2) is 6.61 Å². The summed E-state index contributed by atoms with van der Waals surface area (Å²) in [5.74, 6) is 1.65. The van der Waals surface area contributed by atoms with Crippen molar-refractivity contribution in [1.82, 2.24) is 5.32 Å². The minimum Gasteiger partial charge on any atom is -0.494 e. The fourth-order valence-electron chi connectivity index (χ4n) is 2.21. The van der Waals surface area contributed by atoms with Gasteiger partial charge in [0.25, 0.3) is 0 Å². The molecule has 0 saturated heterocycles. The predicted octanol–water partition coefficient (Wildman–Crippen LogP) is 4.71. The standard InChI is InChI=1S/C20H27NO/c1-16(2)11-12-22-20-6-4-5-19(13-20)15-21-14-18-9-7-17(3)8-10-18/h4-10,13,16,21H,11-12,14-15H2,1-3H3. The largest absolute Gasteiger partial charge is 0.494 e. The number of nitrogens with one attached hydrogen (secondary N) is 1. The first-order chi connectivity index (χ1) is 10.6. The Morgan fingerprint density at radius 2 is 1.68 bits per heavy atom. The van der Waals surface area contributed by atoms with Crippen LogP contribution >= 0.6 is 0 Å². The second kappa shape index (κ2) is 8.60. The lowest BCUT2D eigenvalue weighted by Crippen LogP contribution is -2.12. The lowest BCUT2D eigenvalue weighted by atomic mass is 10.1. The van der Waals surface area contributed by atoms with Gasteiger partial charge in [0, 0.05) is 13.1 Å². The third kappa shape index (κ3) is 5.90. The third-order valence-corrected chi connectivity index (χ3v) is 3.64. The van der Waals surface area contributed by atoms with E-state index in [-0.39, 0.29) is 0 Å². The van der Waals surface area contributed by atoms with Crippen LogP contribution in [-0.2, 0) is 13.1 Å². The van der Waals surface area contributed by atoms with Gasteiger partial charge in [-0.3, -0.25) is 0 Å². The van der Waals surface area contributed by atoms with Gasteiger partial charge < -0.3 is 10.1 Å². The predicted molar refractivity (Wildman–Crippen MR) is 93.1 cm³/mol. The number of aryl methyl sites for hydroxylation is 1. The molecular formula is C20H27NO. The Balaban J connectivity index is 1.78. The highest BCUT2D eigenvalue weighted by atomic mass is 16.5. The molecule has 2 aromatic rings. The highest BCUT2D eigenvalue weighted by Gasteiger charge is 1.99. The summed E-state index contributed by atoms with van der Waals surface area (Å²) in [6.45, 7) is 9.08. The minimum atomic E-state index is 0.680. The number of hydrogen-bond donors (Lipinski definition) is 1. The van der Waals surface area contributed by atoms with Crippen molar-refractivity contribution in [3.05, 3.63) is 65.2 Å². The molecule has 0 aliphatic heterocycles. The molecule has 2 rings (SSSR count). The topological polar surface area (TPSA) is 21.3 Å². The summed E-state index contributed by atoms with van der Waals surface area (Å²) in [6.07, 6.45) is 1.09. The van der Waals surface area contributed by atoms with E-state index in [0.29, 0.717) is 5.92 Å². The molecule has 0 bridgehead atoms. The molecule has 0 atom stereocenters. The zero-order valence-electron chi connectivity index (χ0n) is 13.9. The molecular weight excluding hydrogens is 270 g/mol. The molecule has 0 aliphatic rings. The highest BCUT2D eigenvalue weighted by Crippen LogP contribution is 2.14. The van der Waals surface area contributed by atoms with Crippen molar-refractivity contribution < 1.29 is 4.74 Å². The summed E-state index contributed by atoms with van der Waals surface area (Å²) < 4.78 is 5.81. The van der Waals surface area contributed by atoms with Crippen molar-refractivity contribution in [2.75, 3.05) is 6.61 Å². The molecule has 1 N–H and O–H groups in total. The Bertz CT molecular complexity index is 560. The molecule has 0 amide bonds. The van der Waals surface area contributed by atoms with E-state index in [1.54, 1.807) is 0 Å². The molecule has 2 heteroatoms. The molecule has 2 nitrogen and oxygen atoms in total. The van der Waals surface area contributed by atoms with E-state index in [4.69, 9.17) is 4.74 Å². The monoisotopic (exact) mass is 297 g/mol. The van der Waals surface area contributed by atoms with Gasteiger partial charge in [0.05, 0.1) is 6.61 Å². The van der Waals surface area contributed by atoms with E-state index in [9.17, 15) is 0 Å². The van der Waals surface area contributed by atoms with Gasteiger partial charge in [0.2, 0.25) is 0 Å². The van der Waals surface area contributed by atoms with E-state index in [0.717, 1.165) is 31.9 Å². The van der Waals surface area contributed by atoms with Crippen LogP contribution in [0.15, 0.2) is 48.5 Å². The Morgan fingerprint density at radius 3 is 2.41 bits per heavy atom. The van der Waals surface area contributed by atoms with Crippen molar-refractivity contribution in [3.63, 3.8) is 0 Å². The second-order valence-corrected chi connectivity index (χ2v) is 6.27. The molecule has 0 aromatic heterocycles. The zero-order valence-corrected chi connectivity index (χ0v) is 13.9. The van der Waals surface area contributed by atoms with Gasteiger partial charge in [-0.2, -0.15) is 0 Å². The number of benzene rings is 2. The molecule has 118 valence electrons. The first kappa shape index (κ1) is 16.6. The van der Waals surface area contributed by atoms with Crippen molar-refractivity contribution in [2.45, 2.75) is 40.3 Å². The van der Waals surface area contributed by atoms with Gasteiger partial charge in [-0.25, -0.2) is 0 Å². The van der Waals surface area contributed by atoms with Crippen LogP contribution in [0.1, 0.15) is 37.0 Å². The normalized spacial score (nSPS) is 10.9. The highest BCUT2D eigenvalue weighted by molar-refractivity contribution is 5.28. The van der Waals surface area contributed by atoms with E-state index >= 15 is 0 Å². The quantitative estimate of drug-likeness (QED) is 0.762. The molecule has 0 aliphatic carbocycles. The van der Waals surface area contributed by atoms with Gasteiger partial charge in [0.1, 0.15) is 5.75 Å². The van der Waals surface area contributed by atoms with Crippen LogP contribution < -0.4 is 10.1 Å². The fourth-order valence-corrected chi connectivity index (χ4v) is 2.21. The first-order valence-electron chi connectivity index (χ1n) is 8.11. The lowest BCUT2D eigenvalue weighted by Gasteiger charge is -2.10. The Labute approximate surface area is 134 Å². The third-order valence-electron chi connectivity index (χ3n) is 3.64. The van der Waals surface area contributed by atoms with Crippen LogP contribution in [0.2, 0.25) is 0 Å². The van der Waals surface area contributed by atoms with Gasteiger partial charge in [-0.1, -0.05) is 55.8 Å². The molecule has 0 spiro atoms. The average Bonchev–Trinajstić information content (AvgIpc) is 2.49. The first-order valence-corrected chi connectivity index (χ1v) is 8.11. The molecule has 22 heavy (non-hydrogen) atoms. The van der Waals surface area contributed by atoms with Crippen LogP contribution in [0.4, 0.5) is 0 Å². The van der Waals surface area contributed by atoms with Crippen LogP contribution in [0.3, 0.4) is 0 Å². The van der Waals surface area contributed by atoms with Gasteiger partial charge in [0.15, 0.2) is 0 Å². The summed E-state index contributed by atoms with van der Waals surface area (Å²) >= 11 is 0. The molecule has 0 saturated carbocycles. The van der Waals surface area contributed by atoms with Crippen molar-refractivity contribution in [1.29, 1.82) is 0 Å². The molecule has 0 unspecified atom stereocenters. The summed E-state index contributed by atoms with van der Waals surface area (Å²) in [5.41, 5.74) is 3.87. The summed E-state index contributed by atoms with van der Waals surface area (Å²) in [5, 5.41) is 3.48. The SMILES string of the molecule is Cc1ccc(CNCc2cccc(OCCC(C)C)c2)cc1. The number of hydrogen-bond acceptors (Lipinski definition) is 2. The Hall–Kier alpha value is -1.80. The van der Waals surface area contributed by atoms with Crippen molar-refractivity contribution >= 4 is 0 Å². The Kier molecular flexibility index (Phi) is 6.47. The smallest absolute Gasteiger partial charge is 0.119 e. The fraction of sp³-hybridized carbons (Fsp3) is 0.400. The number of rotatable bonds is 8. The maximum Gasteiger partial charge on any atom is 0.119 e. The van der Waals surface area contributed by atoms with Gasteiger partial charge in [-0.15, -0.1) is 0 Å². The molecule has 0 radical (unpaired) electrons.